The van der Waals surface area contributed by atoms with Gasteiger partial charge in [-0.05, 0) is 24.0 Å². The van der Waals surface area contributed by atoms with E-state index in [2.05, 4.69) is 5.32 Å². The number of amides is 1. The van der Waals surface area contributed by atoms with Crippen LogP contribution in [0.3, 0.4) is 0 Å². The molecule has 1 atom stereocenters. The molecular weight excluding hydrogens is 262 g/mol. The van der Waals surface area contributed by atoms with Crippen LogP contribution in [0.15, 0.2) is 24.3 Å². The van der Waals surface area contributed by atoms with Crippen LogP contribution in [0, 0.1) is 0 Å². The van der Waals surface area contributed by atoms with E-state index in [4.69, 9.17) is 4.74 Å². The van der Waals surface area contributed by atoms with Crippen molar-refractivity contribution in [3.8, 4) is 0 Å². The molecule has 0 radical (unpaired) electrons. The van der Waals surface area contributed by atoms with Crippen LogP contribution >= 0.6 is 11.8 Å². The fraction of sp³-hybridized carbons (Fsp3) is 0.500. The first kappa shape index (κ1) is 14.4. The van der Waals surface area contributed by atoms with Crippen LogP contribution in [-0.2, 0) is 10.5 Å². The number of carbonyl (C=O) groups excluding carboxylic acids is 1. The molecule has 19 heavy (non-hydrogen) atoms. The number of nitrogens with one attached hydrogen (secondary N) is 1. The zero-order valence-corrected chi connectivity index (χ0v) is 11.8. The number of carbonyl (C=O) groups is 1. The van der Waals surface area contributed by atoms with Gasteiger partial charge in [-0.3, -0.25) is 4.79 Å². The van der Waals surface area contributed by atoms with Gasteiger partial charge < -0.3 is 15.2 Å². The van der Waals surface area contributed by atoms with Crippen LogP contribution in [0.4, 0.5) is 0 Å². The van der Waals surface area contributed by atoms with E-state index in [-0.39, 0.29) is 12.5 Å². The molecule has 0 aromatic heterocycles. The summed E-state index contributed by atoms with van der Waals surface area (Å²) in [5.41, 5.74) is 0.851. The van der Waals surface area contributed by atoms with Gasteiger partial charge in [0.2, 0.25) is 0 Å². The zero-order valence-electron chi connectivity index (χ0n) is 11.0. The van der Waals surface area contributed by atoms with Crippen LogP contribution in [0.5, 0.6) is 0 Å². The largest absolute Gasteiger partial charge is 0.386 e. The van der Waals surface area contributed by atoms with Crippen molar-refractivity contribution in [3.63, 3.8) is 0 Å². The van der Waals surface area contributed by atoms with Gasteiger partial charge in [0.05, 0.1) is 6.61 Å². The highest BCUT2D eigenvalue weighted by Gasteiger charge is 2.32. The second kappa shape index (κ2) is 6.41. The van der Waals surface area contributed by atoms with Gasteiger partial charge in [-0.15, -0.1) is 0 Å². The van der Waals surface area contributed by atoms with Crippen LogP contribution in [0.25, 0.3) is 0 Å². The lowest BCUT2D eigenvalue weighted by Gasteiger charge is -2.20. The molecule has 104 valence electrons. The molecule has 0 saturated carbocycles. The molecule has 1 aromatic rings. The molecule has 0 aliphatic carbocycles. The zero-order chi connectivity index (χ0) is 13.7. The van der Waals surface area contributed by atoms with Crippen molar-refractivity contribution in [2.45, 2.75) is 17.8 Å². The normalized spacial score (nSPS) is 22.4. The quantitative estimate of drug-likeness (QED) is 0.857. The van der Waals surface area contributed by atoms with Gasteiger partial charge in [-0.25, -0.2) is 0 Å². The monoisotopic (exact) mass is 281 g/mol. The van der Waals surface area contributed by atoms with E-state index in [1.165, 1.54) is 0 Å². The van der Waals surface area contributed by atoms with E-state index in [1.807, 2.05) is 24.5 Å². The minimum absolute atomic E-state index is 0.150. The summed E-state index contributed by atoms with van der Waals surface area (Å²) in [6.45, 7) is 1.08. The highest BCUT2D eigenvalue weighted by atomic mass is 32.2. The van der Waals surface area contributed by atoms with Crippen molar-refractivity contribution in [1.82, 2.24) is 5.32 Å². The Balaban J connectivity index is 1.93. The van der Waals surface area contributed by atoms with Crippen molar-refractivity contribution in [2.75, 3.05) is 26.0 Å². The highest BCUT2D eigenvalue weighted by molar-refractivity contribution is 7.97. The third-order valence-electron chi connectivity index (χ3n) is 3.16. The predicted octanol–water partition coefficient (Wildman–Crippen LogP) is 1.43. The molecule has 0 spiro atoms. The summed E-state index contributed by atoms with van der Waals surface area (Å²) in [6.07, 6.45) is 2.60. The molecule has 1 heterocycles. The number of ether oxygens (including phenoxy) is 1. The lowest BCUT2D eigenvalue weighted by Crippen LogP contribution is -2.43. The van der Waals surface area contributed by atoms with Crippen molar-refractivity contribution in [3.05, 3.63) is 35.4 Å². The fourth-order valence-electron chi connectivity index (χ4n) is 2.05. The van der Waals surface area contributed by atoms with Crippen LogP contribution in [0.1, 0.15) is 22.3 Å². The molecule has 1 aliphatic rings. The molecule has 1 unspecified atom stereocenters. The molecule has 5 heteroatoms. The van der Waals surface area contributed by atoms with E-state index in [9.17, 15) is 9.90 Å². The standard InChI is InChI=1S/C14H19NO3S/c1-19-8-11-3-2-4-12(7-11)13(16)15-9-14(17)5-6-18-10-14/h2-4,7,17H,5-6,8-10H2,1H3,(H,15,16). The van der Waals surface area contributed by atoms with Gasteiger partial charge in [0.25, 0.3) is 5.91 Å². The smallest absolute Gasteiger partial charge is 0.251 e. The first-order valence-electron chi connectivity index (χ1n) is 6.29. The predicted molar refractivity (Wildman–Crippen MR) is 76.4 cm³/mol. The lowest BCUT2D eigenvalue weighted by molar-refractivity contribution is 0.0264. The minimum Gasteiger partial charge on any atom is -0.386 e. The molecule has 2 rings (SSSR count). The molecule has 1 aromatic carbocycles. The Bertz CT molecular complexity index is 444. The Kier molecular flexibility index (Phi) is 4.85. The third kappa shape index (κ3) is 3.96. The minimum atomic E-state index is -0.910. The van der Waals surface area contributed by atoms with Gasteiger partial charge >= 0.3 is 0 Å². The van der Waals surface area contributed by atoms with E-state index in [0.717, 1.165) is 11.3 Å². The van der Waals surface area contributed by atoms with Crippen LogP contribution < -0.4 is 5.32 Å². The maximum Gasteiger partial charge on any atom is 0.251 e. The Morgan fingerprint density at radius 1 is 1.58 bits per heavy atom. The van der Waals surface area contributed by atoms with Crippen molar-refractivity contribution in [1.29, 1.82) is 0 Å². The Morgan fingerprint density at radius 2 is 2.42 bits per heavy atom. The maximum atomic E-state index is 12.0. The topological polar surface area (TPSA) is 58.6 Å². The van der Waals surface area contributed by atoms with E-state index in [1.54, 1.807) is 17.8 Å². The molecule has 1 amide bonds. The molecule has 0 bridgehead atoms. The molecule has 4 nitrogen and oxygen atoms in total. The second-order valence-electron chi connectivity index (χ2n) is 4.84. The van der Waals surface area contributed by atoms with E-state index >= 15 is 0 Å². The van der Waals surface area contributed by atoms with Crippen molar-refractivity contribution < 1.29 is 14.6 Å². The lowest BCUT2D eigenvalue weighted by atomic mass is 10.0. The molecular formula is C14H19NO3S. The number of hydrogen-bond acceptors (Lipinski definition) is 4. The van der Waals surface area contributed by atoms with Crippen LogP contribution in [0.2, 0.25) is 0 Å². The third-order valence-corrected chi connectivity index (χ3v) is 3.78. The van der Waals surface area contributed by atoms with Gasteiger partial charge in [0, 0.05) is 30.9 Å². The SMILES string of the molecule is CSCc1cccc(C(=O)NCC2(O)CCOC2)c1. The summed E-state index contributed by atoms with van der Waals surface area (Å²) in [6, 6.07) is 7.56. The number of rotatable bonds is 5. The summed E-state index contributed by atoms with van der Waals surface area (Å²) >= 11 is 1.72. The van der Waals surface area contributed by atoms with Gasteiger partial charge in [0.15, 0.2) is 0 Å². The summed E-state index contributed by atoms with van der Waals surface area (Å²) in [5, 5.41) is 12.9. The summed E-state index contributed by atoms with van der Waals surface area (Å²) < 4.78 is 5.15. The van der Waals surface area contributed by atoms with E-state index in [0.29, 0.717) is 25.2 Å². The molecule has 2 N–H and O–H groups in total. The Morgan fingerprint density at radius 3 is 3.11 bits per heavy atom. The Hall–Kier alpha value is -1.04. The van der Waals surface area contributed by atoms with Crippen molar-refractivity contribution in [2.24, 2.45) is 0 Å². The molecule has 1 aliphatic heterocycles. The average Bonchev–Trinajstić information content (AvgIpc) is 2.84. The second-order valence-corrected chi connectivity index (χ2v) is 5.71. The first-order chi connectivity index (χ1) is 9.13. The first-order valence-corrected chi connectivity index (χ1v) is 7.68. The van der Waals surface area contributed by atoms with Gasteiger partial charge in [0.1, 0.15) is 5.60 Å². The summed E-state index contributed by atoms with van der Waals surface area (Å²) in [7, 11) is 0. The van der Waals surface area contributed by atoms with E-state index < -0.39 is 5.60 Å². The Labute approximate surface area is 117 Å². The molecule has 1 saturated heterocycles. The number of thioether (sulfide) groups is 1. The van der Waals surface area contributed by atoms with Crippen molar-refractivity contribution >= 4 is 17.7 Å². The average molecular weight is 281 g/mol. The highest BCUT2D eigenvalue weighted by Crippen LogP contribution is 2.17. The maximum absolute atomic E-state index is 12.0. The van der Waals surface area contributed by atoms with Gasteiger partial charge in [-0.1, -0.05) is 12.1 Å². The molecule has 1 fully saturated rings. The fourth-order valence-corrected chi connectivity index (χ4v) is 2.56. The van der Waals surface area contributed by atoms with Gasteiger partial charge in [-0.2, -0.15) is 11.8 Å². The van der Waals surface area contributed by atoms with Crippen LogP contribution in [-0.4, -0.2) is 42.6 Å². The number of aliphatic hydroxyl groups is 1. The number of hydrogen-bond donors (Lipinski definition) is 2. The summed E-state index contributed by atoms with van der Waals surface area (Å²) in [4.78, 5) is 12.0. The number of benzene rings is 1. The summed E-state index contributed by atoms with van der Waals surface area (Å²) in [5.74, 6) is 0.738.